The summed E-state index contributed by atoms with van der Waals surface area (Å²) in [6, 6.07) is 0.264. The van der Waals surface area contributed by atoms with Gasteiger partial charge in [-0.2, -0.15) is 0 Å². The van der Waals surface area contributed by atoms with Crippen molar-refractivity contribution in [2.24, 2.45) is 11.7 Å². The fourth-order valence-electron chi connectivity index (χ4n) is 2.85. The Kier molecular flexibility index (Phi) is 5.77. The van der Waals surface area contributed by atoms with Gasteiger partial charge in [0.1, 0.15) is 5.54 Å². The van der Waals surface area contributed by atoms with Crippen LogP contribution in [0.3, 0.4) is 0 Å². The highest BCUT2D eigenvalue weighted by Gasteiger charge is 2.33. The largest absolute Gasteiger partial charge is 0.468 e. The number of hydrogen-bond donors (Lipinski definition) is 1. The smallest absolute Gasteiger partial charge is 0.325 e. The van der Waals surface area contributed by atoms with Gasteiger partial charge in [0.25, 0.3) is 0 Å². The summed E-state index contributed by atoms with van der Waals surface area (Å²) < 4.78 is 4.75. The maximum atomic E-state index is 11.6. The zero-order valence-electron chi connectivity index (χ0n) is 13.0. The first-order valence-electron chi connectivity index (χ1n) is 7.02. The SMILES string of the molecule is COC(=O)C(C)(N)CC(C)N(C)CC1CCN(C)C1. The van der Waals surface area contributed by atoms with Gasteiger partial charge in [0.05, 0.1) is 7.11 Å². The second-order valence-electron chi connectivity index (χ2n) is 6.32. The summed E-state index contributed by atoms with van der Waals surface area (Å²) in [5.74, 6) is 0.382. The molecule has 1 aliphatic heterocycles. The van der Waals surface area contributed by atoms with E-state index in [0.717, 1.165) is 19.0 Å². The third-order valence-corrected chi connectivity index (χ3v) is 4.16. The fraction of sp³-hybridized carbons (Fsp3) is 0.929. The summed E-state index contributed by atoms with van der Waals surface area (Å²) in [5, 5.41) is 0. The zero-order chi connectivity index (χ0) is 14.6. The molecule has 0 aromatic rings. The van der Waals surface area contributed by atoms with Crippen LogP contribution in [0.25, 0.3) is 0 Å². The monoisotopic (exact) mass is 271 g/mol. The van der Waals surface area contributed by atoms with Crippen molar-refractivity contribution in [3.63, 3.8) is 0 Å². The van der Waals surface area contributed by atoms with E-state index in [1.54, 1.807) is 6.92 Å². The van der Waals surface area contributed by atoms with Gasteiger partial charge in [-0.05, 0) is 53.2 Å². The van der Waals surface area contributed by atoms with Gasteiger partial charge in [-0.15, -0.1) is 0 Å². The maximum absolute atomic E-state index is 11.6. The Hall–Kier alpha value is -0.650. The highest BCUT2D eigenvalue weighted by Crippen LogP contribution is 2.19. The van der Waals surface area contributed by atoms with Crippen LogP contribution in [0.1, 0.15) is 26.7 Å². The van der Waals surface area contributed by atoms with Crippen LogP contribution >= 0.6 is 0 Å². The summed E-state index contributed by atoms with van der Waals surface area (Å²) in [6.07, 6.45) is 1.86. The third kappa shape index (κ3) is 4.75. The van der Waals surface area contributed by atoms with Crippen molar-refractivity contribution in [2.45, 2.75) is 38.3 Å². The number of hydrogen-bond acceptors (Lipinski definition) is 5. The Bertz CT molecular complexity index is 307. The van der Waals surface area contributed by atoms with Gasteiger partial charge in [0.2, 0.25) is 0 Å². The minimum Gasteiger partial charge on any atom is -0.468 e. The predicted molar refractivity (Wildman–Crippen MR) is 76.9 cm³/mol. The van der Waals surface area contributed by atoms with Crippen molar-refractivity contribution in [3.8, 4) is 0 Å². The second-order valence-corrected chi connectivity index (χ2v) is 6.32. The van der Waals surface area contributed by atoms with E-state index in [2.05, 4.69) is 30.8 Å². The van der Waals surface area contributed by atoms with Crippen molar-refractivity contribution < 1.29 is 9.53 Å². The molecule has 1 heterocycles. The van der Waals surface area contributed by atoms with Crippen LogP contribution in [0, 0.1) is 5.92 Å². The maximum Gasteiger partial charge on any atom is 0.325 e. The quantitative estimate of drug-likeness (QED) is 0.715. The van der Waals surface area contributed by atoms with E-state index in [1.807, 2.05) is 0 Å². The molecule has 0 saturated carbocycles. The second kappa shape index (κ2) is 6.68. The molecule has 3 atom stereocenters. The average Bonchev–Trinajstić information content (AvgIpc) is 2.72. The number of rotatable bonds is 6. The summed E-state index contributed by atoms with van der Waals surface area (Å²) in [7, 11) is 5.66. The molecule has 5 heteroatoms. The Balaban J connectivity index is 2.44. The number of nitrogens with zero attached hydrogens (tertiary/aromatic N) is 2. The number of carbonyl (C=O) groups excluding carboxylic acids is 1. The van der Waals surface area contributed by atoms with E-state index in [1.165, 1.54) is 20.1 Å². The van der Waals surface area contributed by atoms with Gasteiger partial charge in [-0.3, -0.25) is 4.79 Å². The van der Waals surface area contributed by atoms with Gasteiger partial charge in [-0.1, -0.05) is 0 Å². The van der Waals surface area contributed by atoms with Crippen LogP contribution in [-0.4, -0.2) is 68.2 Å². The van der Waals surface area contributed by atoms with Crippen LogP contribution in [-0.2, 0) is 9.53 Å². The van der Waals surface area contributed by atoms with Crippen LogP contribution < -0.4 is 5.73 Å². The first-order valence-corrected chi connectivity index (χ1v) is 7.02. The molecule has 0 amide bonds. The Morgan fingerprint density at radius 1 is 1.63 bits per heavy atom. The Morgan fingerprint density at radius 2 is 2.26 bits per heavy atom. The highest BCUT2D eigenvalue weighted by molar-refractivity contribution is 5.79. The highest BCUT2D eigenvalue weighted by atomic mass is 16.5. The Labute approximate surface area is 117 Å². The standard InChI is InChI=1S/C14H29N3O2/c1-11(8-14(2,15)13(18)19-5)17(4)10-12-6-7-16(3)9-12/h11-12H,6-10,15H2,1-5H3. The van der Waals surface area contributed by atoms with Crippen molar-refractivity contribution in [1.82, 2.24) is 9.80 Å². The van der Waals surface area contributed by atoms with Crippen molar-refractivity contribution in [2.75, 3.05) is 40.8 Å². The van der Waals surface area contributed by atoms with Crippen LogP contribution in [0.15, 0.2) is 0 Å². The van der Waals surface area contributed by atoms with E-state index in [9.17, 15) is 4.79 Å². The van der Waals surface area contributed by atoms with Gasteiger partial charge in [-0.25, -0.2) is 0 Å². The summed E-state index contributed by atoms with van der Waals surface area (Å²) >= 11 is 0. The summed E-state index contributed by atoms with van der Waals surface area (Å²) in [5.41, 5.74) is 5.12. The fourth-order valence-corrected chi connectivity index (χ4v) is 2.85. The molecule has 2 N–H and O–H groups in total. The molecule has 0 spiro atoms. The predicted octanol–water partition coefficient (Wildman–Crippen LogP) is 0.539. The van der Waals surface area contributed by atoms with Crippen LogP contribution in [0.5, 0.6) is 0 Å². The molecule has 1 aliphatic rings. The molecule has 3 unspecified atom stereocenters. The number of methoxy groups -OCH3 is 1. The molecule has 5 nitrogen and oxygen atoms in total. The molecule has 0 radical (unpaired) electrons. The van der Waals surface area contributed by atoms with Crippen LogP contribution in [0.4, 0.5) is 0 Å². The van der Waals surface area contributed by atoms with Crippen molar-refractivity contribution in [3.05, 3.63) is 0 Å². The molecular weight excluding hydrogens is 242 g/mol. The molecule has 1 saturated heterocycles. The zero-order valence-corrected chi connectivity index (χ0v) is 13.0. The molecule has 0 aromatic heterocycles. The number of likely N-dealkylation sites (tertiary alicyclic amines) is 1. The topological polar surface area (TPSA) is 58.8 Å². The van der Waals surface area contributed by atoms with E-state index >= 15 is 0 Å². The van der Waals surface area contributed by atoms with E-state index in [0.29, 0.717) is 6.42 Å². The summed E-state index contributed by atoms with van der Waals surface area (Å²) in [4.78, 5) is 16.3. The molecule has 19 heavy (non-hydrogen) atoms. The third-order valence-electron chi connectivity index (χ3n) is 4.16. The number of carbonyl (C=O) groups is 1. The molecule has 112 valence electrons. The first-order chi connectivity index (χ1) is 8.76. The number of esters is 1. The van der Waals surface area contributed by atoms with Gasteiger partial charge in [0, 0.05) is 19.1 Å². The van der Waals surface area contributed by atoms with Crippen molar-refractivity contribution >= 4 is 5.97 Å². The lowest BCUT2D eigenvalue weighted by Gasteiger charge is -2.32. The lowest BCUT2D eigenvalue weighted by molar-refractivity contribution is -0.147. The summed E-state index contributed by atoms with van der Waals surface area (Å²) in [6.45, 7) is 7.26. The minimum absolute atomic E-state index is 0.264. The number of ether oxygens (including phenoxy) is 1. The lowest BCUT2D eigenvalue weighted by Crippen LogP contribution is -2.50. The van der Waals surface area contributed by atoms with Gasteiger partial charge in [0.15, 0.2) is 0 Å². The van der Waals surface area contributed by atoms with Crippen LogP contribution in [0.2, 0.25) is 0 Å². The van der Waals surface area contributed by atoms with Gasteiger partial charge >= 0.3 is 5.97 Å². The first kappa shape index (κ1) is 16.4. The molecule has 1 rings (SSSR count). The lowest BCUT2D eigenvalue weighted by atomic mass is 9.94. The van der Waals surface area contributed by atoms with Gasteiger partial charge < -0.3 is 20.3 Å². The molecule has 0 aromatic carbocycles. The normalized spacial score (nSPS) is 25.3. The van der Waals surface area contributed by atoms with Crippen molar-refractivity contribution in [1.29, 1.82) is 0 Å². The minimum atomic E-state index is -0.908. The molecule has 0 aliphatic carbocycles. The average molecular weight is 271 g/mol. The number of nitrogens with two attached hydrogens (primary N) is 1. The molecule has 1 fully saturated rings. The Morgan fingerprint density at radius 3 is 2.74 bits per heavy atom. The van der Waals surface area contributed by atoms with E-state index in [-0.39, 0.29) is 12.0 Å². The molecule has 0 bridgehead atoms. The molecular formula is C14H29N3O2. The van der Waals surface area contributed by atoms with E-state index < -0.39 is 5.54 Å². The van der Waals surface area contributed by atoms with E-state index in [4.69, 9.17) is 10.5 Å².